The van der Waals surface area contributed by atoms with E-state index in [4.69, 9.17) is 4.74 Å². The predicted molar refractivity (Wildman–Crippen MR) is 108 cm³/mol. The van der Waals surface area contributed by atoms with E-state index in [1.807, 2.05) is 0 Å². The molecule has 0 radical (unpaired) electrons. The van der Waals surface area contributed by atoms with Crippen molar-refractivity contribution in [1.82, 2.24) is 14.6 Å². The summed E-state index contributed by atoms with van der Waals surface area (Å²) in [5.74, 6) is -1.35. The van der Waals surface area contributed by atoms with Crippen LogP contribution in [0.15, 0.2) is 48.7 Å². The molecule has 0 amide bonds. The first-order valence-electron chi connectivity index (χ1n) is 9.68. The lowest BCUT2D eigenvalue weighted by Crippen LogP contribution is -2.25. The van der Waals surface area contributed by atoms with E-state index < -0.39 is 29.8 Å². The standard InChI is InChI=1S/C22H17F3N4O2/c1-31-22(30)14-3-2-4-17-20(14)21-26-19(7-8-29(21)27-17)28-11-13(24)10-18(28)15-9-12(23)5-6-16(15)25/h2-9,13,18H,10-11H2,1H3/t13-,18+/m0/s1. The monoisotopic (exact) mass is 426 g/mol. The van der Waals surface area contributed by atoms with E-state index in [1.165, 1.54) is 11.6 Å². The zero-order valence-electron chi connectivity index (χ0n) is 16.4. The van der Waals surface area contributed by atoms with Crippen LogP contribution in [-0.2, 0) is 4.74 Å². The minimum absolute atomic E-state index is 0.0142. The van der Waals surface area contributed by atoms with E-state index in [0.29, 0.717) is 27.9 Å². The third-order valence-electron chi connectivity index (χ3n) is 5.55. The highest BCUT2D eigenvalue weighted by Crippen LogP contribution is 2.38. The smallest absolute Gasteiger partial charge is 0.338 e. The van der Waals surface area contributed by atoms with Crippen molar-refractivity contribution in [2.45, 2.75) is 18.6 Å². The number of methoxy groups -OCH3 is 1. The van der Waals surface area contributed by atoms with Crippen LogP contribution in [0.2, 0.25) is 0 Å². The van der Waals surface area contributed by atoms with Gasteiger partial charge in [-0.05, 0) is 36.4 Å². The average molecular weight is 426 g/mol. The SMILES string of the molecule is COC(=O)c1cccc2nn3ccc(N4C[C@@H](F)C[C@@H]4c4cc(F)ccc4F)nc3c12. The summed E-state index contributed by atoms with van der Waals surface area (Å²) in [5, 5.41) is 4.92. The molecule has 1 aliphatic rings. The number of hydrogen-bond acceptors (Lipinski definition) is 5. The van der Waals surface area contributed by atoms with Crippen LogP contribution < -0.4 is 4.90 Å². The van der Waals surface area contributed by atoms with Crippen LogP contribution in [0.1, 0.15) is 28.4 Å². The number of carbonyl (C=O) groups is 1. The largest absolute Gasteiger partial charge is 0.465 e. The molecule has 0 bridgehead atoms. The molecule has 0 saturated carbocycles. The van der Waals surface area contributed by atoms with Crippen LogP contribution in [0.25, 0.3) is 16.6 Å². The van der Waals surface area contributed by atoms with E-state index in [0.717, 1.165) is 18.2 Å². The Labute approximate surface area is 174 Å². The number of anilines is 1. The molecule has 2 aromatic heterocycles. The second kappa shape index (κ2) is 7.26. The molecule has 1 aliphatic heterocycles. The highest BCUT2D eigenvalue weighted by Gasteiger charge is 2.36. The lowest BCUT2D eigenvalue weighted by atomic mass is 10.0. The van der Waals surface area contributed by atoms with Gasteiger partial charge in [0.1, 0.15) is 23.6 Å². The highest BCUT2D eigenvalue weighted by molar-refractivity contribution is 6.09. The van der Waals surface area contributed by atoms with Crippen LogP contribution in [0, 0.1) is 11.6 Å². The van der Waals surface area contributed by atoms with Crippen molar-refractivity contribution in [1.29, 1.82) is 0 Å². The number of carbonyl (C=O) groups excluding carboxylic acids is 1. The topological polar surface area (TPSA) is 59.7 Å². The molecule has 2 aromatic carbocycles. The van der Waals surface area contributed by atoms with Crippen molar-refractivity contribution in [3.63, 3.8) is 0 Å². The number of benzene rings is 2. The third-order valence-corrected chi connectivity index (χ3v) is 5.55. The second-order valence-electron chi connectivity index (χ2n) is 7.41. The highest BCUT2D eigenvalue weighted by atomic mass is 19.1. The Morgan fingerprint density at radius 3 is 2.84 bits per heavy atom. The number of aromatic nitrogens is 3. The molecule has 0 spiro atoms. The van der Waals surface area contributed by atoms with Crippen molar-refractivity contribution < 1.29 is 22.7 Å². The van der Waals surface area contributed by atoms with Gasteiger partial charge in [-0.25, -0.2) is 27.5 Å². The molecule has 0 N–H and O–H groups in total. The predicted octanol–water partition coefficient (Wildman–Crippen LogP) is 4.24. The fraction of sp³-hybridized carbons (Fsp3) is 0.227. The summed E-state index contributed by atoms with van der Waals surface area (Å²) in [6.45, 7) is -0.0142. The number of esters is 1. The molecule has 4 aromatic rings. The average Bonchev–Trinajstić information content (AvgIpc) is 3.34. The van der Waals surface area contributed by atoms with Gasteiger partial charge >= 0.3 is 5.97 Å². The van der Waals surface area contributed by atoms with Gasteiger partial charge < -0.3 is 9.64 Å². The molecule has 0 aliphatic carbocycles. The lowest BCUT2D eigenvalue weighted by molar-refractivity contribution is 0.0603. The molecular weight excluding hydrogens is 409 g/mol. The van der Waals surface area contributed by atoms with Gasteiger partial charge in [-0.15, -0.1) is 0 Å². The second-order valence-corrected chi connectivity index (χ2v) is 7.41. The maximum atomic E-state index is 14.4. The quantitative estimate of drug-likeness (QED) is 0.459. The number of alkyl halides is 1. The summed E-state index contributed by atoms with van der Waals surface area (Å²) in [5.41, 5.74) is 1.31. The summed E-state index contributed by atoms with van der Waals surface area (Å²) in [6.07, 6.45) is 0.433. The van der Waals surface area contributed by atoms with Gasteiger partial charge in [-0.3, -0.25) is 0 Å². The van der Waals surface area contributed by atoms with Crippen molar-refractivity contribution in [3.8, 4) is 0 Å². The molecule has 31 heavy (non-hydrogen) atoms. The maximum absolute atomic E-state index is 14.4. The summed E-state index contributed by atoms with van der Waals surface area (Å²) in [4.78, 5) is 18.5. The number of hydrogen-bond donors (Lipinski definition) is 0. The van der Waals surface area contributed by atoms with Crippen LogP contribution in [0.5, 0.6) is 0 Å². The third kappa shape index (κ3) is 3.17. The zero-order valence-corrected chi connectivity index (χ0v) is 16.4. The Morgan fingerprint density at radius 2 is 2.03 bits per heavy atom. The number of ether oxygens (including phenoxy) is 1. The zero-order chi connectivity index (χ0) is 21.7. The fourth-order valence-corrected chi connectivity index (χ4v) is 4.17. The first-order chi connectivity index (χ1) is 15.0. The summed E-state index contributed by atoms with van der Waals surface area (Å²) >= 11 is 0. The number of halogens is 3. The van der Waals surface area contributed by atoms with E-state index in [2.05, 4.69) is 10.1 Å². The molecule has 1 fully saturated rings. The van der Waals surface area contributed by atoms with E-state index in [-0.39, 0.29) is 18.5 Å². The maximum Gasteiger partial charge on any atom is 0.338 e. The van der Waals surface area contributed by atoms with Crippen molar-refractivity contribution in [2.75, 3.05) is 18.6 Å². The fourth-order valence-electron chi connectivity index (χ4n) is 4.17. The van der Waals surface area contributed by atoms with Gasteiger partial charge in [0.05, 0.1) is 36.2 Å². The van der Waals surface area contributed by atoms with Gasteiger partial charge in [0.25, 0.3) is 0 Å². The van der Waals surface area contributed by atoms with Gasteiger partial charge in [-0.2, -0.15) is 5.10 Å². The molecule has 9 heteroatoms. The number of fused-ring (bicyclic) bond motifs is 3. The molecule has 2 atom stereocenters. The van der Waals surface area contributed by atoms with Crippen molar-refractivity contribution in [2.24, 2.45) is 0 Å². The van der Waals surface area contributed by atoms with Crippen LogP contribution >= 0.6 is 0 Å². The Balaban J connectivity index is 1.66. The Kier molecular flexibility index (Phi) is 4.53. The van der Waals surface area contributed by atoms with Crippen molar-refractivity contribution >= 4 is 28.3 Å². The molecule has 5 rings (SSSR count). The molecule has 158 valence electrons. The first-order valence-corrected chi connectivity index (χ1v) is 9.68. The minimum atomic E-state index is -1.22. The molecule has 3 heterocycles. The summed E-state index contributed by atoms with van der Waals surface area (Å²) in [6, 6.07) is 9.14. The summed E-state index contributed by atoms with van der Waals surface area (Å²) in [7, 11) is 1.29. The van der Waals surface area contributed by atoms with Gasteiger partial charge in [0, 0.05) is 18.2 Å². The van der Waals surface area contributed by atoms with Crippen LogP contribution in [-0.4, -0.2) is 40.4 Å². The van der Waals surface area contributed by atoms with Crippen molar-refractivity contribution in [3.05, 3.63) is 71.4 Å². The molecular formula is C22H17F3N4O2. The van der Waals surface area contributed by atoms with Gasteiger partial charge in [0.15, 0.2) is 5.65 Å². The Bertz CT molecular complexity index is 1320. The summed E-state index contributed by atoms with van der Waals surface area (Å²) < 4.78 is 49.0. The molecule has 1 saturated heterocycles. The normalized spacial score (nSPS) is 18.8. The van der Waals surface area contributed by atoms with Gasteiger partial charge in [0.2, 0.25) is 0 Å². The van der Waals surface area contributed by atoms with Crippen LogP contribution in [0.4, 0.5) is 19.0 Å². The molecule has 0 unspecified atom stereocenters. The van der Waals surface area contributed by atoms with E-state index in [9.17, 15) is 18.0 Å². The lowest BCUT2D eigenvalue weighted by Gasteiger charge is -2.26. The molecule has 6 nitrogen and oxygen atoms in total. The first kappa shape index (κ1) is 19.3. The number of rotatable bonds is 3. The minimum Gasteiger partial charge on any atom is -0.465 e. The van der Waals surface area contributed by atoms with E-state index >= 15 is 0 Å². The Hall–Kier alpha value is -3.62. The van der Waals surface area contributed by atoms with Crippen LogP contribution in [0.3, 0.4) is 0 Å². The van der Waals surface area contributed by atoms with E-state index in [1.54, 1.807) is 35.4 Å². The Morgan fingerprint density at radius 1 is 1.19 bits per heavy atom. The van der Waals surface area contributed by atoms with Gasteiger partial charge in [-0.1, -0.05) is 6.07 Å². The number of nitrogens with zero attached hydrogens (tertiary/aromatic N) is 4.